The number of halogens is 2. The monoisotopic (exact) mass is 301 g/mol. The van der Waals surface area contributed by atoms with Crippen molar-refractivity contribution in [2.75, 3.05) is 24.6 Å². The smallest absolute Gasteiger partial charge is 0.150 e. The van der Waals surface area contributed by atoms with E-state index in [1.54, 1.807) is 0 Å². The third-order valence-electron chi connectivity index (χ3n) is 4.61. The summed E-state index contributed by atoms with van der Waals surface area (Å²) in [7, 11) is -2.95. The molecule has 0 aromatic heterocycles. The normalized spacial score (nSPS) is 27.2. The van der Waals surface area contributed by atoms with Crippen LogP contribution in [0.1, 0.15) is 12.0 Å². The SMILES string of the molecule is O=S1(=O)CCC(C2(Cc3ccc(F)cc3F)CNC2)C1. The summed E-state index contributed by atoms with van der Waals surface area (Å²) in [6.45, 7) is 1.40. The third kappa shape index (κ3) is 2.46. The zero-order chi connectivity index (χ0) is 14.4. The second kappa shape index (κ2) is 4.77. The van der Waals surface area contributed by atoms with E-state index in [1.165, 1.54) is 12.1 Å². The van der Waals surface area contributed by atoms with Gasteiger partial charge in [0.2, 0.25) is 0 Å². The number of benzene rings is 1. The van der Waals surface area contributed by atoms with Gasteiger partial charge in [0.15, 0.2) is 9.84 Å². The maximum absolute atomic E-state index is 13.8. The lowest BCUT2D eigenvalue weighted by atomic mass is 9.66. The first kappa shape index (κ1) is 13.9. The topological polar surface area (TPSA) is 46.2 Å². The molecule has 1 unspecified atom stereocenters. The second-order valence-corrected chi connectivity index (χ2v) is 8.21. The van der Waals surface area contributed by atoms with Crippen molar-refractivity contribution in [2.24, 2.45) is 11.3 Å². The zero-order valence-corrected chi connectivity index (χ0v) is 11.8. The minimum atomic E-state index is -2.95. The molecule has 1 aromatic rings. The molecule has 2 heterocycles. The van der Waals surface area contributed by atoms with Gasteiger partial charge in [-0.15, -0.1) is 0 Å². The minimum Gasteiger partial charge on any atom is -0.315 e. The molecule has 0 saturated carbocycles. The molecule has 0 amide bonds. The van der Waals surface area contributed by atoms with Gasteiger partial charge < -0.3 is 5.32 Å². The average Bonchev–Trinajstić information content (AvgIpc) is 2.67. The van der Waals surface area contributed by atoms with Crippen molar-refractivity contribution in [1.82, 2.24) is 5.32 Å². The summed E-state index contributed by atoms with van der Waals surface area (Å²) >= 11 is 0. The summed E-state index contributed by atoms with van der Waals surface area (Å²) in [4.78, 5) is 0. The lowest BCUT2D eigenvalue weighted by molar-refractivity contribution is 0.0913. The highest BCUT2D eigenvalue weighted by Gasteiger charge is 2.48. The maximum atomic E-state index is 13.8. The van der Waals surface area contributed by atoms with E-state index >= 15 is 0 Å². The first-order valence-electron chi connectivity index (χ1n) is 6.75. The van der Waals surface area contributed by atoms with E-state index in [1.807, 2.05) is 0 Å². The van der Waals surface area contributed by atoms with E-state index in [4.69, 9.17) is 0 Å². The van der Waals surface area contributed by atoms with Crippen LogP contribution in [0.2, 0.25) is 0 Å². The molecule has 0 spiro atoms. The van der Waals surface area contributed by atoms with Gasteiger partial charge in [0.1, 0.15) is 11.6 Å². The van der Waals surface area contributed by atoms with E-state index in [-0.39, 0.29) is 22.8 Å². The fourth-order valence-electron chi connectivity index (χ4n) is 3.33. The van der Waals surface area contributed by atoms with Gasteiger partial charge in [-0.25, -0.2) is 17.2 Å². The Kier molecular flexibility index (Phi) is 3.33. The highest BCUT2D eigenvalue weighted by atomic mass is 32.2. The Labute approximate surface area is 117 Å². The third-order valence-corrected chi connectivity index (χ3v) is 6.38. The minimum absolute atomic E-state index is 0.0678. The van der Waals surface area contributed by atoms with Crippen molar-refractivity contribution in [3.8, 4) is 0 Å². The standard InChI is InChI=1S/C14H17F2NO2S/c15-12-2-1-10(13(16)5-12)6-14(8-17-9-14)11-3-4-20(18,19)7-11/h1-2,5,11,17H,3-4,6-9H2. The predicted molar refractivity (Wildman–Crippen MR) is 72.1 cm³/mol. The van der Waals surface area contributed by atoms with Crippen molar-refractivity contribution in [2.45, 2.75) is 12.8 Å². The fourth-order valence-corrected chi connectivity index (χ4v) is 5.27. The van der Waals surface area contributed by atoms with Gasteiger partial charge in [-0.3, -0.25) is 0 Å². The van der Waals surface area contributed by atoms with Crippen LogP contribution in [0.3, 0.4) is 0 Å². The van der Waals surface area contributed by atoms with Crippen molar-refractivity contribution in [3.05, 3.63) is 35.4 Å². The summed E-state index contributed by atoms with van der Waals surface area (Å²) in [5, 5.41) is 3.17. The number of nitrogens with one attached hydrogen (secondary N) is 1. The summed E-state index contributed by atoms with van der Waals surface area (Å²) in [6, 6.07) is 3.61. The highest BCUT2D eigenvalue weighted by Crippen LogP contribution is 2.42. The zero-order valence-electron chi connectivity index (χ0n) is 11.0. The van der Waals surface area contributed by atoms with Gasteiger partial charge in [0, 0.05) is 24.6 Å². The summed E-state index contributed by atoms with van der Waals surface area (Å²) < 4.78 is 50.0. The Balaban J connectivity index is 1.83. The average molecular weight is 301 g/mol. The lowest BCUT2D eigenvalue weighted by Crippen LogP contribution is -2.59. The Morgan fingerprint density at radius 1 is 1.30 bits per heavy atom. The first-order valence-corrected chi connectivity index (χ1v) is 8.57. The van der Waals surface area contributed by atoms with Crippen molar-refractivity contribution >= 4 is 9.84 Å². The summed E-state index contributed by atoms with van der Waals surface area (Å²) in [6.07, 6.45) is 1.11. The Bertz CT molecular complexity index is 626. The van der Waals surface area contributed by atoms with Crippen LogP contribution in [-0.2, 0) is 16.3 Å². The molecule has 1 aromatic carbocycles. The van der Waals surface area contributed by atoms with Gasteiger partial charge in [-0.1, -0.05) is 6.07 Å². The van der Waals surface area contributed by atoms with Crippen LogP contribution in [0.15, 0.2) is 18.2 Å². The van der Waals surface area contributed by atoms with E-state index in [0.29, 0.717) is 31.5 Å². The Morgan fingerprint density at radius 2 is 2.05 bits per heavy atom. The van der Waals surface area contributed by atoms with Gasteiger partial charge >= 0.3 is 0 Å². The molecule has 0 bridgehead atoms. The van der Waals surface area contributed by atoms with Crippen LogP contribution >= 0.6 is 0 Å². The second-order valence-electron chi connectivity index (χ2n) is 5.98. The summed E-state index contributed by atoms with van der Waals surface area (Å²) in [5.41, 5.74) is 0.264. The summed E-state index contributed by atoms with van der Waals surface area (Å²) in [5.74, 6) is -0.645. The quantitative estimate of drug-likeness (QED) is 0.921. The first-order chi connectivity index (χ1) is 9.40. The molecule has 3 rings (SSSR count). The van der Waals surface area contributed by atoms with Crippen molar-refractivity contribution < 1.29 is 17.2 Å². The number of hydrogen-bond donors (Lipinski definition) is 1. The molecule has 1 N–H and O–H groups in total. The van der Waals surface area contributed by atoms with E-state index in [9.17, 15) is 17.2 Å². The van der Waals surface area contributed by atoms with Crippen LogP contribution in [-0.4, -0.2) is 33.0 Å². The van der Waals surface area contributed by atoms with Gasteiger partial charge in [0.05, 0.1) is 11.5 Å². The lowest BCUT2D eigenvalue weighted by Gasteiger charge is -2.47. The molecule has 2 saturated heterocycles. The van der Waals surface area contributed by atoms with E-state index < -0.39 is 21.5 Å². The Morgan fingerprint density at radius 3 is 2.55 bits per heavy atom. The molecular weight excluding hydrogens is 284 g/mol. The fraction of sp³-hybridized carbons (Fsp3) is 0.571. The van der Waals surface area contributed by atoms with Crippen molar-refractivity contribution in [1.29, 1.82) is 0 Å². The van der Waals surface area contributed by atoms with Crippen LogP contribution in [0.5, 0.6) is 0 Å². The molecule has 2 fully saturated rings. The van der Waals surface area contributed by atoms with Gasteiger partial charge in [-0.05, 0) is 30.4 Å². The van der Waals surface area contributed by atoms with Crippen LogP contribution in [0, 0.1) is 23.0 Å². The van der Waals surface area contributed by atoms with E-state index in [0.717, 1.165) is 6.07 Å². The molecule has 0 aliphatic carbocycles. The molecule has 20 heavy (non-hydrogen) atoms. The molecule has 0 radical (unpaired) electrons. The Hall–Kier alpha value is -1.01. The van der Waals surface area contributed by atoms with Gasteiger partial charge in [0.25, 0.3) is 0 Å². The number of sulfone groups is 1. The van der Waals surface area contributed by atoms with Gasteiger partial charge in [-0.2, -0.15) is 0 Å². The number of hydrogen-bond acceptors (Lipinski definition) is 3. The molecule has 3 nitrogen and oxygen atoms in total. The maximum Gasteiger partial charge on any atom is 0.150 e. The highest BCUT2D eigenvalue weighted by molar-refractivity contribution is 7.91. The van der Waals surface area contributed by atoms with Crippen LogP contribution in [0.4, 0.5) is 8.78 Å². The molecule has 110 valence electrons. The van der Waals surface area contributed by atoms with E-state index in [2.05, 4.69) is 5.32 Å². The molecule has 1 atom stereocenters. The number of rotatable bonds is 3. The largest absolute Gasteiger partial charge is 0.315 e. The predicted octanol–water partition coefficient (Wildman–Crippen LogP) is 1.53. The molecule has 2 aliphatic rings. The van der Waals surface area contributed by atoms with Crippen LogP contribution in [0.25, 0.3) is 0 Å². The van der Waals surface area contributed by atoms with Crippen LogP contribution < -0.4 is 5.32 Å². The van der Waals surface area contributed by atoms with Crippen molar-refractivity contribution in [3.63, 3.8) is 0 Å². The molecular formula is C14H17F2NO2S. The molecule has 2 aliphatic heterocycles. The molecule has 6 heteroatoms.